The summed E-state index contributed by atoms with van der Waals surface area (Å²) >= 11 is 0. The molecule has 0 aliphatic heterocycles. The Labute approximate surface area is 168 Å². The van der Waals surface area contributed by atoms with E-state index in [-0.39, 0.29) is 42.1 Å². The molecular formula is C20H32ClN3O3. The average molecular weight is 398 g/mol. The van der Waals surface area contributed by atoms with E-state index >= 15 is 0 Å². The van der Waals surface area contributed by atoms with Crippen LogP contribution in [0.5, 0.6) is 5.75 Å². The van der Waals surface area contributed by atoms with Crippen molar-refractivity contribution < 1.29 is 14.3 Å². The maximum atomic E-state index is 12.2. The van der Waals surface area contributed by atoms with Gasteiger partial charge in [-0.1, -0.05) is 44.9 Å². The van der Waals surface area contributed by atoms with E-state index in [2.05, 4.69) is 16.7 Å². The van der Waals surface area contributed by atoms with Crippen molar-refractivity contribution >= 4 is 24.2 Å². The van der Waals surface area contributed by atoms with Crippen LogP contribution in [-0.2, 0) is 15.0 Å². The van der Waals surface area contributed by atoms with Gasteiger partial charge in [-0.15, -0.1) is 12.4 Å². The first kappa shape index (κ1) is 23.2. The Kier molecular flexibility index (Phi) is 9.06. The number of halogens is 1. The van der Waals surface area contributed by atoms with Gasteiger partial charge in [0.05, 0.1) is 19.7 Å². The van der Waals surface area contributed by atoms with Crippen LogP contribution in [0.2, 0.25) is 0 Å². The van der Waals surface area contributed by atoms with E-state index < -0.39 is 6.04 Å². The lowest BCUT2D eigenvalue weighted by Gasteiger charge is -2.31. The molecule has 1 aromatic rings. The molecule has 0 saturated heterocycles. The minimum atomic E-state index is -0.599. The van der Waals surface area contributed by atoms with Crippen molar-refractivity contribution in [3.63, 3.8) is 0 Å². The second-order valence-electron chi connectivity index (χ2n) is 7.45. The SMILES string of the molecule is COc1ccccc1C1(CNC(=O)CNC(=O)[C@@H](N)C(C)C)CCCC1.Cl. The van der Waals surface area contributed by atoms with Gasteiger partial charge in [0.1, 0.15) is 5.75 Å². The Morgan fingerprint density at radius 1 is 1.19 bits per heavy atom. The van der Waals surface area contributed by atoms with Gasteiger partial charge in [-0.25, -0.2) is 0 Å². The highest BCUT2D eigenvalue weighted by atomic mass is 35.5. The Hall–Kier alpha value is -1.79. The van der Waals surface area contributed by atoms with Crippen LogP contribution < -0.4 is 21.1 Å². The van der Waals surface area contributed by atoms with E-state index in [4.69, 9.17) is 10.5 Å². The third kappa shape index (κ3) is 5.84. The van der Waals surface area contributed by atoms with Crippen LogP contribution in [0.4, 0.5) is 0 Å². The lowest BCUT2D eigenvalue weighted by molar-refractivity contribution is -0.127. The van der Waals surface area contributed by atoms with Gasteiger partial charge in [0.2, 0.25) is 11.8 Å². The zero-order valence-corrected chi connectivity index (χ0v) is 17.2. The molecule has 1 atom stereocenters. The highest BCUT2D eigenvalue weighted by Gasteiger charge is 2.38. The number of carbonyl (C=O) groups is 2. The molecule has 152 valence electrons. The predicted octanol–water partition coefficient (Wildman–Crippen LogP) is 2.14. The first-order valence-corrected chi connectivity index (χ1v) is 9.33. The van der Waals surface area contributed by atoms with Crippen molar-refractivity contribution in [3.8, 4) is 5.75 Å². The molecule has 1 aliphatic carbocycles. The summed E-state index contributed by atoms with van der Waals surface area (Å²) in [5.74, 6) is 0.399. The molecule has 2 rings (SSSR count). The monoisotopic (exact) mass is 397 g/mol. The summed E-state index contributed by atoms with van der Waals surface area (Å²) in [6.07, 6.45) is 4.29. The maximum absolute atomic E-state index is 12.2. The van der Waals surface area contributed by atoms with Crippen LogP contribution in [0.25, 0.3) is 0 Å². The molecule has 2 amide bonds. The molecule has 0 unspecified atom stereocenters. The molecule has 1 aromatic carbocycles. The summed E-state index contributed by atoms with van der Waals surface area (Å²) < 4.78 is 5.53. The topological polar surface area (TPSA) is 93.5 Å². The number of carbonyl (C=O) groups excluding carboxylic acids is 2. The van der Waals surface area contributed by atoms with Gasteiger partial charge in [0.15, 0.2) is 0 Å². The molecule has 0 heterocycles. The van der Waals surface area contributed by atoms with Gasteiger partial charge < -0.3 is 21.1 Å². The number of nitrogens with one attached hydrogen (secondary N) is 2. The molecule has 27 heavy (non-hydrogen) atoms. The summed E-state index contributed by atoms with van der Waals surface area (Å²) in [5.41, 5.74) is 6.83. The van der Waals surface area contributed by atoms with Crippen molar-refractivity contribution in [3.05, 3.63) is 29.8 Å². The number of ether oxygens (including phenoxy) is 1. The number of hydrogen-bond acceptors (Lipinski definition) is 4. The Bertz CT molecular complexity index is 631. The number of benzene rings is 1. The van der Waals surface area contributed by atoms with E-state index in [1.165, 1.54) is 0 Å². The van der Waals surface area contributed by atoms with Crippen LogP contribution >= 0.6 is 12.4 Å². The molecule has 1 saturated carbocycles. The molecule has 1 aliphatic rings. The van der Waals surface area contributed by atoms with Gasteiger partial charge >= 0.3 is 0 Å². The summed E-state index contributed by atoms with van der Waals surface area (Å²) in [5, 5.41) is 5.60. The Balaban J connectivity index is 0.00000364. The van der Waals surface area contributed by atoms with Gasteiger partial charge in [0, 0.05) is 17.5 Å². The van der Waals surface area contributed by atoms with Gasteiger partial charge in [0.25, 0.3) is 0 Å². The van der Waals surface area contributed by atoms with Crippen LogP contribution in [0, 0.1) is 5.92 Å². The lowest BCUT2D eigenvalue weighted by atomic mass is 9.78. The first-order valence-electron chi connectivity index (χ1n) is 9.33. The molecule has 7 heteroatoms. The van der Waals surface area contributed by atoms with E-state index in [0.29, 0.717) is 6.54 Å². The fraction of sp³-hybridized carbons (Fsp3) is 0.600. The lowest BCUT2D eigenvalue weighted by Crippen LogP contribution is -2.48. The number of rotatable bonds is 8. The van der Waals surface area contributed by atoms with Crippen LogP contribution in [0.3, 0.4) is 0 Å². The predicted molar refractivity (Wildman–Crippen MR) is 109 cm³/mol. The molecular weight excluding hydrogens is 366 g/mol. The standard InChI is InChI=1S/C20H31N3O3.ClH/c1-14(2)18(21)19(25)22-12-17(24)23-13-20(10-6-7-11-20)15-8-4-5-9-16(15)26-3;/h4-5,8-9,14,18H,6-7,10-13,21H2,1-3H3,(H,22,25)(H,23,24);1H/t18-;/m0./s1. The van der Waals surface area contributed by atoms with E-state index in [0.717, 1.165) is 37.0 Å². The quantitative estimate of drug-likeness (QED) is 0.626. The van der Waals surface area contributed by atoms with E-state index in [9.17, 15) is 9.59 Å². The van der Waals surface area contributed by atoms with Gasteiger partial charge in [-0.2, -0.15) is 0 Å². The molecule has 4 N–H and O–H groups in total. The zero-order chi connectivity index (χ0) is 19.2. The summed E-state index contributed by atoms with van der Waals surface area (Å²) in [6, 6.07) is 7.41. The minimum Gasteiger partial charge on any atom is -0.496 e. The zero-order valence-electron chi connectivity index (χ0n) is 16.4. The van der Waals surface area contributed by atoms with Crippen molar-refractivity contribution in [2.45, 2.75) is 51.0 Å². The fourth-order valence-corrected chi connectivity index (χ4v) is 3.59. The number of amides is 2. The van der Waals surface area contributed by atoms with Gasteiger partial charge in [-0.05, 0) is 24.8 Å². The highest BCUT2D eigenvalue weighted by Crippen LogP contribution is 2.44. The summed E-state index contributed by atoms with van der Waals surface area (Å²) in [4.78, 5) is 24.1. The van der Waals surface area contributed by atoms with Crippen molar-refractivity contribution in [2.75, 3.05) is 20.2 Å². The fourth-order valence-electron chi connectivity index (χ4n) is 3.59. The van der Waals surface area contributed by atoms with Crippen LogP contribution in [0.15, 0.2) is 24.3 Å². The second kappa shape index (κ2) is 10.5. The number of para-hydroxylation sites is 1. The highest BCUT2D eigenvalue weighted by molar-refractivity contribution is 5.87. The molecule has 0 spiro atoms. The van der Waals surface area contributed by atoms with Crippen LogP contribution in [0.1, 0.15) is 45.1 Å². The normalized spacial score (nSPS) is 16.3. The van der Waals surface area contributed by atoms with Crippen molar-refractivity contribution in [1.82, 2.24) is 10.6 Å². The van der Waals surface area contributed by atoms with Crippen molar-refractivity contribution in [2.24, 2.45) is 11.7 Å². The molecule has 0 aromatic heterocycles. The Morgan fingerprint density at radius 3 is 2.41 bits per heavy atom. The van der Waals surface area contributed by atoms with Crippen LogP contribution in [-0.4, -0.2) is 38.1 Å². The van der Waals surface area contributed by atoms with E-state index in [1.807, 2.05) is 32.0 Å². The van der Waals surface area contributed by atoms with Gasteiger partial charge in [-0.3, -0.25) is 9.59 Å². The maximum Gasteiger partial charge on any atom is 0.239 e. The molecule has 1 fully saturated rings. The van der Waals surface area contributed by atoms with E-state index in [1.54, 1.807) is 7.11 Å². The first-order chi connectivity index (χ1) is 12.4. The Morgan fingerprint density at radius 2 is 1.81 bits per heavy atom. The number of hydrogen-bond donors (Lipinski definition) is 3. The molecule has 0 bridgehead atoms. The molecule has 6 nitrogen and oxygen atoms in total. The second-order valence-corrected chi connectivity index (χ2v) is 7.45. The number of methoxy groups -OCH3 is 1. The summed E-state index contributed by atoms with van der Waals surface area (Å²) in [6.45, 7) is 4.24. The minimum absolute atomic E-state index is 0. The summed E-state index contributed by atoms with van der Waals surface area (Å²) in [7, 11) is 1.67. The largest absolute Gasteiger partial charge is 0.496 e. The van der Waals surface area contributed by atoms with Crippen molar-refractivity contribution in [1.29, 1.82) is 0 Å². The number of nitrogens with two attached hydrogens (primary N) is 1. The average Bonchev–Trinajstić information content (AvgIpc) is 3.13. The smallest absolute Gasteiger partial charge is 0.239 e. The molecule has 0 radical (unpaired) electrons. The third-order valence-corrected chi connectivity index (χ3v) is 5.31. The third-order valence-electron chi connectivity index (χ3n) is 5.31.